The van der Waals surface area contributed by atoms with Crippen molar-refractivity contribution in [2.75, 3.05) is 5.73 Å². The van der Waals surface area contributed by atoms with Gasteiger partial charge in [0.1, 0.15) is 18.2 Å². The highest BCUT2D eigenvalue weighted by Crippen LogP contribution is 2.38. The van der Waals surface area contributed by atoms with Crippen molar-refractivity contribution in [3.63, 3.8) is 0 Å². The minimum absolute atomic E-state index is 0.0101. The summed E-state index contributed by atoms with van der Waals surface area (Å²) in [5.41, 5.74) is 4.27. The molecule has 112 valence electrons. The van der Waals surface area contributed by atoms with Gasteiger partial charge in [0, 0.05) is 11.3 Å². The first-order valence-corrected chi connectivity index (χ1v) is 6.19. The molecule has 0 unspecified atom stereocenters. The minimum atomic E-state index is -4.62. The van der Waals surface area contributed by atoms with Crippen LogP contribution in [0.4, 0.5) is 23.2 Å². The molecule has 2 N–H and O–H groups in total. The van der Waals surface area contributed by atoms with Crippen LogP contribution in [0.15, 0.2) is 36.4 Å². The molecular formula is C14H10ClF4NO. The number of nitrogen functional groups attached to an aromatic ring is 1. The fraction of sp³-hybridized carbons (Fsp3) is 0.143. The van der Waals surface area contributed by atoms with Crippen LogP contribution in [-0.4, -0.2) is 0 Å². The monoisotopic (exact) mass is 319 g/mol. The van der Waals surface area contributed by atoms with Gasteiger partial charge in [-0.2, -0.15) is 13.2 Å². The molecule has 0 aliphatic heterocycles. The van der Waals surface area contributed by atoms with E-state index in [0.717, 1.165) is 18.2 Å². The van der Waals surface area contributed by atoms with E-state index in [1.54, 1.807) is 0 Å². The Bertz CT molecular complexity index is 638. The highest BCUT2D eigenvalue weighted by atomic mass is 35.5. The summed E-state index contributed by atoms with van der Waals surface area (Å²) in [4.78, 5) is 0. The molecule has 0 atom stereocenters. The first-order chi connectivity index (χ1) is 9.79. The zero-order valence-electron chi connectivity index (χ0n) is 10.5. The van der Waals surface area contributed by atoms with Crippen molar-refractivity contribution in [2.24, 2.45) is 0 Å². The summed E-state index contributed by atoms with van der Waals surface area (Å²) in [7, 11) is 0. The molecule has 2 aromatic carbocycles. The molecule has 2 nitrogen and oxygen atoms in total. The van der Waals surface area contributed by atoms with Crippen molar-refractivity contribution in [3.8, 4) is 5.75 Å². The fourth-order valence-corrected chi connectivity index (χ4v) is 1.93. The van der Waals surface area contributed by atoms with Crippen molar-refractivity contribution >= 4 is 17.3 Å². The Balaban J connectivity index is 2.29. The van der Waals surface area contributed by atoms with Crippen molar-refractivity contribution < 1.29 is 22.3 Å². The molecule has 0 bridgehead atoms. The molecule has 0 saturated heterocycles. The van der Waals surface area contributed by atoms with E-state index < -0.39 is 29.9 Å². The lowest BCUT2D eigenvalue weighted by atomic mass is 10.1. The third-order valence-corrected chi connectivity index (χ3v) is 3.10. The van der Waals surface area contributed by atoms with Crippen LogP contribution in [0.25, 0.3) is 0 Å². The maximum Gasteiger partial charge on any atom is 0.420 e. The Labute approximate surface area is 123 Å². The summed E-state index contributed by atoms with van der Waals surface area (Å²) >= 11 is 5.79. The van der Waals surface area contributed by atoms with Gasteiger partial charge in [0.2, 0.25) is 0 Å². The lowest BCUT2D eigenvalue weighted by molar-refractivity contribution is -0.139. The number of hydrogen-bond acceptors (Lipinski definition) is 2. The zero-order valence-corrected chi connectivity index (χ0v) is 11.3. The van der Waals surface area contributed by atoms with E-state index >= 15 is 0 Å². The van der Waals surface area contributed by atoms with Gasteiger partial charge in [-0.1, -0.05) is 17.7 Å². The van der Waals surface area contributed by atoms with Gasteiger partial charge in [-0.25, -0.2) is 4.39 Å². The van der Waals surface area contributed by atoms with Crippen LogP contribution >= 0.6 is 11.6 Å². The molecule has 2 rings (SSSR count). The molecule has 2 aromatic rings. The third-order valence-electron chi connectivity index (χ3n) is 2.74. The van der Waals surface area contributed by atoms with Crippen LogP contribution in [0.3, 0.4) is 0 Å². The molecule has 0 saturated carbocycles. The molecule has 21 heavy (non-hydrogen) atoms. The van der Waals surface area contributed by atoms with Crippen LogP contribution in [0.5, 0.6) is 5.75 Å². The maximum absolute atomic E-state index is 13.5. The average Bonchev–Trinajstić information content (AvgIpc) is 2.38. The predicted molar refractivity (Wildman–Crippen MR) is 71.6 cm³/mol. The van der Waals surface area contributed by atoms with Crippen molar-refractivity contribution in [1.29, 1.82) is 0 Å². The van der Waals surface area contributed by atoms with E-state index in [9.17, 15) is 17.6 Å². The van der Waals surface area contributed by atoms with Crippen LogP contribution in [0, 0.1) is 5.82 Å². The Morgan fingerprint density at radius 3 is 2.48 bits per heavy atom. The highest BCUT2D eigenvalue weighted by Gasteiger charge is 2.34. The number of benzene rings is 2. The molecule has 0 heterocycles. The Kier molecular flexibility index (Phi) is 4.27. The zero-order chi connectivity index (χ0) is 15.6. The molecular weight excluding hydrogens is 310 g/mol. The topological polar surface area (TPSA) is 35.2 Å². The first kappa shape index (κ1) is 15.4. The number of nitrogens with two attached hydrogens (primary N) is 1. The van der Waals surface area contributed by atoms with Crippen LogP contribution in [-0.2, 0) is 12.8 Å². The number of anilines is 1. The molecule has 0 aromatic heterocycles. The molecule has 0 amide bonds. The second-order valence-electron chi connectivity index (χ2n) is 4.24. The summed E-state index contributed by atoms with van der Waals surface area (Å²) in [6, 6.07) is 7.10. The van der Waals surface area contributed by atoms with E-state index in [2.05, 4.69) is 0 Å². The predicted octanol–water partition coefficient (Wildman–Crippen LogP) is 4.66. The number of halogens is 5. The summed E-state index contributed by atoms with van der Waals surface area (Å²) < 4.78 is 57.2. The molecule has 0 radical (unpaired) electrons. The van der Waals surface area contributed by atoms with Crippen molar-refractivity contribution in [2.45, 2.75) is 12.8 Å². The normalized spacial score (nSPS) is 11.5. The van der Waals surface area contributed by atoms with Crippen molar-refractivity contribution in [3.05, 3.63) is 58.4 Å². The number of ether oxygens (including phenoxy) is 1. The molecule has 0 spiro atoms. The first-order valence-electron chi connectivity index (χ1n) is 5.81. The van der Waals surface area contributed by atoms with Gasteiger partial charge in [0.05, 0.1) is 10.6 Å². The second-order valence-corrected chi connectivity index (χ2v) is 4.65. The van der Waals surface area contributed by atoms with Gasteiger partial charge >= 0.3 is 6.18 Å². The number of alkyl halides is 3. The van der Waals surface area contributed by atoms with Crippen molar-refractivity contribution in [1.82, 2.24) is 0 Å². The van der Waals surface area contributed by atoms with E-state index in [0.29, 0.717) is 0 Å². The summed E-state index contributed by atoms with van der Waals surface area (Å²) in [5, 5.41) is 0.0824. The summed E-state index contributed by atoms with van der Waals surface area (Å²) in [6.45, 7) is -0.418. The SMILES string of the molecule is Nc1ccc(OCc2c(F)cccc2Cl)c(C(F)(F)F)c1. The lowest BCUT2D eigenvalue weighted by Crippen LogP contribution is -2.10. The van der Waals surface area contributed by atoms with Crippen LogP contribution in [0.1, 0.15) is 11.1 Å². The third kappa shape index (κ3) is 3.58. The fourth-order valence-electron chi connectivity index (χ4n) is 1.72. The quantitative estimate of drug-likeness (QED) is 0.659. The lowest BCUT2D eigenvalue weighted by Gasteiger charge is -2.15. The minimum Gasteiger partial charge on any atom is -0.488 e. The Hall–Kier alpha value is -1.95. The highest BCUT2D eigenvalue weighted by molar-refractivity contribution is 6.31. The van der Waals surface area contributed by atoms with Gasteiger partial charge in [-0.3, -0.25) is 0 Å². The Morgan fingerprint density at radius 2 is 1.86 bits per heavy atom. The summed E-state index contributed by atoms with van der Waals surface area (Å²) in [5.74, 6) is -1.08. The van der Waals surface area contributed by atoms with Gasteiger partial charge in [-0.15, -0.1) is 0 Å². The molecule has 0 fully saturated rings. The Morgan fingerprint density at radius 1 is 1.14 bits per heavy atom. The van der Waals surface area contributed by atoms with Gasteiger partial charge < -0.3 is 10.5 Å². The standard InChI is InChI=1S/C14H10ClF4NO/c15-11-2-1-3-12(16)9(11)7-21-13-5-4-8(20)6-10(13)14(17,18)19/h1-6H,7,20H2. The average molecular weight is 320 g/mol. The van der Waals surface area contributed by atoms with Crippen LogP contribution in [0.2, 0.25) is 5.02 Å². The molecule has 0 aliphatic rings. The molecule has 7 heteroatoms. The van der Waals surface area contributed by atoms with E-state index in [1.807, 2.05) is 0 Å². The van der Waals surface area contributed by atoms with Gasteiger partial charge in [0.25, 0.3) is 0 Å². The van der Waals surface area contributed by atoms with E-state index in [4.69, 9.17) is 22.1 Å². The second kappa shape index (κ2) is 5.81. The smallest absolute Gasteiger partial charge is 0.420 e. The van der Waals surface area contributed by atoms with E-state index in [1.165, 1.54) is 18.2 Å². The van der Waals surface area contributed by atoms with E-state index in [-0.39, 0.29) is 16.3 Å². The largest absolute Gasteiger partial charge is 0.488 e. The number of hydrogen-bond donors (Lipinski definition) is 1. The number of rotatable bonds is 3. The summed E-state index contributed by atoms with van der Waals surface area (Å²) in [6.07, 6.45) is -4.62. The van der Waals surface area contributed by atoms with Gasteiger partial charge in [-0.05, 0) is 30.3 Å². The van der Waals surface area contributed by atoms with Crippen LogP contribution < -0.4 is 10.5 Å². The molecule has 0 aliphatic carbocycles. The maximum atomic E-state index is 13.5. The van der Waals surface area contributed by atoms with Gasteiger partial charge in [0.15, 0.2) is 0 Å².